The first-order valence-electron chi connectivity index (χ1n) is 5.05. The summed E-state index contributed by atoms with van der Waals surface area (Å²) in [7, 11) is 0. The highest BCUT2D eigenvalue weighted by Gasteiger charge is 2.12. The lowest BCUT2D eigenvalue weighted by Crippen LogP contribution is -2.19. The van der Waals surface area contributed by atoms with E-state index in [-0.39, 0.29) is 23.6 Å². The number of nitriles is 1. The van der Waals surface area contributed by atoms with E-state index in [0.29, 0.717) is 6.42 Å². The minimum atomic E-state index is -0.613. The third-order valence-corrected chi connectivity index (χ3v) is 2.18. The van der Waals surface area contributed by atoms with Gasteiger partial charge in [0.2, 0.25) is 0 Å². The highest BCUT2D eigenvalue weighted by Crippen LogP contribution is 2.18. The molecule has 0 saturated carbocycles. The van der Waals surface area contributed by atoms with Crippen LogP contribution in [0.4, 0.5) is 11.5 Å². The minimum absolute atomic E-state index is 0.0857. The first-order valence-corrected chi connectivity index (χ1v) is 5.05. The quantitative estimate of drug-likeness (QED) is 0.583. The maximum absolute atomic E-state index is 10.5. The summed E-state index contributed by atoms with van der Waals surface area (Å²) >= 11 is 0. The average molecular weight is 236 g/mol. The summed E-state index contributed by atoms with van der Waals surface area (Å²) < 4.78 is 0. The van der Waals surface area contributed by atoms with E-state index >= 15 is 0 Å². The van der Waals surface area contributed by atoms with E-state index in [1.165, 1.54) is 0 Å². The molecule has 0 aliphatic heterocycles. The number of nitrogens with one attached hydrogen (secondary N) is 1. The lowest BCUT2D eigenvalue weighted by atomic mass is 10.2. The third kappa shape index (κ3) is 3.39. The molecular formula is C10H12N4O3. The molecule has 17 heavy (non-hydrogen) atoms. The van der Waals surface area contributed by atoms with Crippen molar-refractivity contribution in [2.24, 2.45) is 0 Å². The van der Waals surface area contributed by atoms with Gasteiger partial charge in [-0.15, -0.1) is 0 Å². The van der Waals surface area contributed by atoms with Gasteiger partial charge in [0.25, 0.3) is 5.69 Å². The number of hydrogen-bond acceptors (Lipinski definition) is 6. The normalized spacial score (nSPS) is 11.6. The Morgan fingerprint density at radius 2 is 2.47 bits per heavy atom. The molecule has 0 bridgehead atoms. The van der Waals surface area contributed by atoms with E-state index in [4.69, 9.17) is 5.26 Å². The Bertz CT molecular complexity index is 455. The summed E-state index contributed by atoms with van der Waals surface area (Å²) in [5.41, 5.74) is -0.148. The van der Waals surface area contributed by atoms with Gasteiger partial charge in [-0.2, -0.15) is 5.26 Å². The summed E-state index contributed by atoms with van der Waals surface area (Å²) in [5, 5.41) is 31.4. The van der Waals surface area contributed by atoms with Gasteiger partial charge >= 0.3 is 0 Å². The predicted molar refractivity (Wildman–Crippen MR) is 60.4 cm³/mol. The van der Waals surface area contributed by atoms with Crippen molar-refractivity contribution < 1.29 is 10.0 Å². The van der Waals surface area contributed by atoms with Gasteiger partial charge in [0.1, 0.15) is 23.6 Å². The minimum Gasteiger partial charge on any atom is -0.391 e. The predicted octanol–water partition coefficient (Wildman–Crippen LogP) is 1.04. The number of aromatic nitrogens is 1. The molecular weight excluding hydrogens is 224 g/mol. The van der Waals surface area contributed by atoms with Crippen LogP contribution in [0.2, 0.25) is 0 Å². The lowest BCUT2D eigenvalue weighted by molar-refractivity contribution is -0.385. The molecule has 0 aliphatic carbocycles. The first kappa shape index (κ1) is 12.9. The topological polar surface area (TPSA) is 112 Å². The molecule has 1 aromatic rings. The molecule has 2 N–H and O–H groups in total. The van der Waals surface area contributed by atoms with Crippen LogP contribution in [0.5, 0.6) is 0 Å². The fourth-order valence-corrected chi connectivity index (χ4v) is 1.14. The zero-order valence-corrected chi connectivity index (χ0v) is 9.25. The molecule has 0 spiro atoms. The summed E-state index contributed by atoms with van der Waals surface area (Å²) in [4.78, 5) is 13.7. The molecule has 7 heteroatoms. The number of hydrogen-bond donors (Lipinski definition) is 2. The van der Waals surface area contributed by atoms with E-state index in [9.17, 15) is 15.2 Å². The second kappa shape index (κ2) is 5.77. The van der Waals surface area contributed by atoms with Gasteiger partial charge in [-0.05, 0) is 6.42 Å². The highest BCUT2D eigenvalue weighted by molar-refractivity contribution is 5.55. The van der Waals surface area contributed by atoms with Crippen LogP contribution < -0.4 is 5.32 Å². The first-order chi connectivity index (χ1) is 8.08. The molecule has 90 valence electrons. The summed E-state index contributed by atoms with van der Waals surface area (Å²) in [6, 6.07) is 2.97. The molecule has 1 aromatic heterocycles. The zero-order valence-electron chi connectivity index (χ0n) is 9.25. The van der Waals surface area contributed by atoms with Crippen LogP contribution in [0.15, 0.2) is 12.3 Å². The van der Waals surface area contributed by atoms with E-state index in [2.05, 4.69) is 10.3 Å². The van der Waals surface area contributed by atoms with Crippen molar-refractivity contribution >= 4 is 11.5 Å². The monoisotopic (exact) mass is 236 g/mol. The SMILES string of the molecule is CCC(O)CNc1ncc([N+](=O)[O-])cc1C#N. The molecule has 1 heterocycles. The Kier molecular flexibility index (Phi) is 4.37. The van der Waals surface area contributed by atoms with Gasteiger partial charge in [-0.1, -0.05) is 6.92 Å². The Balaban J connectivity index is 2.87. The number of nitrogens with zero attached hydrogens (tertiary/aromatic N) is 3. The smallest absolute Gasteiger partial charge is 0.289 e. The molecule has 1 unspecified atom stereocenters. The number of rotatable bonds is 5. The Morgan fingerprint density at radius 3 is 3.00 bits per heavy atom. The van der Waals surface area contributed by atoms with Gasteiger partial charge in [0.15, 0.2) is 0 Å². The van der Waals surface area contributed by atoms with Crippen molar-refractivity contribution in [3.05, 3.63) is 27.9 Å². The molecule has 0 amide bonds. The molecule has 0 aromatic carbocycles. The molecule has 0 fully saturated rings. The second-order valence-corrected chi connectivity index (χ2v) is 3.40. The number of aliphatic hydroxyl groups excluding tert-OH is 1. The standard InChI is InChI=1S/C10H12N4O3/c1-2-9(15)6-13-10-7(4-11)3-8(5-12-10)14(16)17/h3,5,9,15H,2,6H2,1H3,(H,12,13). The molecule has 0 saturated heterocycles. The second-order valence-electron chi connectivity index (χ2n) is 3.40. The number of pyridine rings is 1. The maximum Gasteiger partial charge on any atom is 0.289 e. The lowest BCUT2D eigenvalue weighted by Gasteiger charge is -2.10. The summed E-state index contributed by atoms with van der Waals surface area (Å²) in [6.07, 6.45) is 1.10. The molecule has 0 aliphatic rings. The van der Waals surface area contributed by atoms with Crippen molar-refractivity contribution in [2.45, 2.75) is 19.4 Å². The van der Waals surface area contributed by atoms with Crippen molar-refractivity contribution in [1.29, 1.82) is 5.26 Å². The number of aliphatic hydroxyl groups is 1. The van der Waals surface area contributed by atoms with E-state index in [0.717, 1.165) is 12.3 Å². The Labute approximate surface area is 97.9 Å². The van der Waals surface area contributed by atoms with Crippen LogP contribution in [0.25, 0.3) is 0 Å². The van der Waals surface area contributed by atoms with Gasteiger partial charge < -0.3 is 10.4 Å². The number of anilines is 1. The maximum atomic E-state index is 10.5. The van der Waals surface area contributed by atoms with Gasteiger partial charge in [0, 0.05) is 12.6 Å². The van der Waals surface area contributed by atoms with Crippen LogP contribution >= 0.6 is 0 Å². The number of nitro groups is 1. The zero-order chi connectivity index (χ0) is 12.8. The Morgan fingerprint density at radius 1 is 1.76 bits per heavy atom. The molecule has 1 atom stereocenters. The van der Waals surface area contributed by atoms with Crippen molar-refractivity contribution in [1.82, 2.24) is 4.98 Å². The Hall–Kier alpha value is -2.20. The third-order valence-electron chi connectivity index (χ3n) is 2.18. The van der Waals surface area contributed by atoms with Gasteiger partial charge in [0.05, 0.1) is 11.0 Å². The summed E-state index contributed by atoms with van der Waals surface area (Å²) in [6.45, 7) is 2.07. The molecule has 1 rings (SSSR count). The highest BCUT2D eigenvalue weighted by atomic mass is 16.6. The van der Waals surface area contributed by atoms with Gasteiger partial charge in [-0.3, -0.25) is 10.1 Å². The van der Waals surface area contributed by atoms with Crippen molar-refractivity contribution in [3.63, 3.8) is 0 Å². The van der Waals surface area contributed by atoms with Crippen LogP contribution in [-0.4, -0.2) is 27.7 Å². The van der Waals surface area contributed by atoms with Gasteiger partial charge in [-0.25, -0.2) is 4.98 Å². The fraction of sp³-hybridized carbons (Fsp3) is 0.400. The van der Waals surface area contributed by atoms with Crippen molar-refractivity contribution in [3.8, 4) is 6.07 Å². The van der Waals surface area contributed by atoms with Crippen molar-refractivity contribution in [2.75, 3.05) is 11.9 Å². The van der Waals surface area contributed by atoms with Crippen LogP contribution in [-0.2, 0) is 0 Å². The average Bonchev–Trinajstić information content (AvgIpc) is 2.35. The van der Waals surface area contributed by atoms with Crippen LogP contribution in [0.3, 0.4) is 0 Å². The van der Waals surface area contributed by atoms with Crippen LogP contribution in [0.1, 0.15) is 18.9 Å². The molecule has 7 nitrogen and oxygen atoms in total. The van der Waals surface area contributed by atoms with E-state index in [1.54, 1.807) is 0 Å². The van der Waals surface area contributed by atoms with E-state index < -0.39 is 11.0 Å². The van der Waals surface area contributed by atoms with Crippen LogP contribution in [0, 0.1) is 21.4 Å². The largest absolute Gasteiger partial charge is 0.391 e. The van der Waals surface area contributed by atoms with E-state index in [1.807, 2.05) is 13.0 Å². The molecule has 0 radical (unpaired) electrons. The fourth-order valence-electron chi connectivity index (χ4n) is 1.14. The summed E-state index contributed by atoms with van der Waals surface area (Å²) in [5.74, 6) is 0.241.